The van der Waals surface area contributed by atoms with Crippen molar-refractivity contribution < 1.29 is 9.90 Å². The molecule has 106 valence electrons. The molecule has 1 amide bonds. The molecule has 3 rings (SSSR count). The molecular weight excluding hydrogens is 262 g/mol. The summed E-state index contributed by atoms with van der Waals surface area (Å²) in [6, 6.07) is 13.2. The third-order valence-corrected chi connectivity index (χ3v) is 3.59. The molecule has 1 aliphatic rings. The molecule has 3 heteroatoms. The van der Waals surface area contributed by atoms with E-state index in [-0.39, 0.29) is 11.7 Å². The molecule has 0 bridgehead atoms. The van der Waals surface area contributed by atoms with Crippen molar-refractivity contribution in [1.29, 1.82) is 0 Å². The maximum absolute atomic E-state index is 12.1. The minimum absolute atomic E-state index is 0.128. The average Bonchev–Trinajstić information content (AvgIpc) is 2.75. The first-order valence-electron chi connectivity index (χ1n) is 7.13. The Bertz CT molecular complexity index is 732. The minimum Gasteiger partial charge on any atom is -0.508 e. The van der Waals surface area contributed by atoms with E-state index in [4.69, 9.17) is 0 Å². The molecule has 0 fully saturated rings. The predicted molar refractivity (Wildman–Crippen MR) is 85.0 cm³/mol. The van der Waals surface area contributed by atoms with Crippen LogP contribution in [0.1, 0.15) is 30.0 Å². The number of rotatable bonds is 3. The van der Waals surface area contributed by atoms with Crippen molar-refractivity contribution in [2.24, 2.45) is 0 Å². The molecule has 0 saturated carbocycles. The van der Waals surface area contributed by atoms with Gasteiger partial charge in [0.25, 0.3) is 5.91 Å². The molecule has 3 nitrogen and oxygen atoms in total. The van der Waals surface area contributed by atoms with Gasteiger partial charge in [0.1, 0.15) is 5.75 Å². The van der Waals surface area contributed by atoms with Crippen LogP contribution >= 0.6 is 0 Å². The van der Waals surface area contributed by atoms with E-state index in [2.05, 4.69) is 24.4 Å². The van der Waals surface area contributed by atoms with Gasteiger partial charge in [-0.05, 0) is 35.8 Å². The van der Waals surface area contributed by atoms with Crippen LogP contribution in [-0.4, -0.2) is 11.0 Å². The first kappa shape index (κ1) is 13.4. The van der Waals surface area contributed by atoms with Crippen LogP contribution in [0.4, 0.5) is 5.69 Å². The lowest BCUT2D eigenvalue weighted by Crippen LogP contribution is -2.03. The number of aromatic hydroxyl groups is 1. The molecule has 0 saturated heterocycles. The normalized spacial score (nSPS) is 15.1. The van der Waals surface area contributed by atoms with E-state index >= 15 is 0 Å². The van der Waals surface area contributed by atoms with Crippen LogP contribution in [0, 0.1) is 0 Å². The number of aryl methyl sites for hydroxylation is 1. The fraction of sp³-hybridized carbons (Fsp3) is 0.167. The number of carbonyl (C=O) groups is 1. The number of hydrogen-bond donors (Lipinski definition) is 2. The van der Waals surface area contributed by atoms with Crippen molar-refractivity contribution in [3.05, 3.63) is 59.2 Å². The second kappa shape index (κ2) is 5.44. The van der Waals surface area contributed by atoms with Gasteiger partial charge in [0, 0.05) is 17.2 Å². The van der Waals surface area contributed by atoms with Crippen LogP contribution in [0.25, 0.3) is 11.6 Å². The van der Waals surface area contributed by atoms with Gasteiger partial charge in [-0.3, -0.25) is 4.79 Å². The Hall–Kier alpha value is -2.55. The fourth-order valence-corrected chi connectivity index (χ4v) is 2.62. The maximum Gasteiger partial charge on any atom is 0.256 e. The first-order valence-corrected chi connectivity index (χ1v) is 7.13. The van der Waals surface area contributed by atoms with Gasteiger partial charge < -0.3 is 10.4 Å². The van der Waals surface area contributed by atoms with Gasteiger partial charge in [-0.1, -0.05) is 37.6 Å². The van der Waals surface area contributed by atoms with Crippen LogP contribution < -0.4 is 5.32 Å². The number of fused-ring (bicyclic) bond motifs is 1. The van der Waals surface area contributed by atoms with E-state index in [1.165, 1.54) is 5.56 Å². The zero-order chi connectivity index (χ0) is 14.8. The number of anilines is 1. The summed E-state index contributed by atoms with van der Waals surface area (Å²) < 4.78 is 0. The molecule has 1 aliphatic heterocycles. The summed E-state index contributed by atoms with van der Waals surface area (Å²) in [6.07, 6.45) is 4.04. The molecule has 1 heterocycles. The van der Waals surface area contributed by atoms with Crippen LogP contribution in [0.15, 0.2) is 42.5 Å². The number of amides is 1. The monoisotopic (exact) mass is 279 g/mol. The van der Waals surface area contributed by atoms with E-state index < -0.39 is 0 Å². The van der Waals surface area contributed by atoms with Crippen molar-refractivity contribution >= 4 is 23.2 Å². The topological polar surface area (TPSA) is 49.3 Å². The quantitative estimate of drug-likeness (QED) is 0.839. The summed E-state index contributed by atoms with van der Waals surface area (Å²) in [6.45, 7) is 2.15. The van der Waals surface area contributed by atoms with Gasteiger partial charge in [-0.2, -0.15) is 0 Å². The van der Waals surface area contributed by atoms with Crippen molar-refractivity contribution in [3.8, 4) is 5.75 Å². The van der Waals surface area contributed by atoms with Gasteiger partial charge in [0.2, 0.25) is 0 Å². The molecule has 0 unspecified atom stereocenters. The van der Waals surface area contributed by atoms with Gasteiger partial charge >= 0.3 is 0 Å². The van der Waals surface area contributed by atoms with E-state index in [0.717, 1.165) is 24.0 Å². The molecule has 0 aromatic heterocycles. The lowest BCUT2D eigenvalue weighted by atomic mass is 10.0. The van der Waals surface area contributed by atoms with E-state index in [9.17, 15) is 9.90 Å². The molecule has 0 aliphatic carbocycles. The SMILES string of the molecule is CCCc1cccc(C=C2C(=O)Nc3cc(O)ccc32)c1. The van der Waals surface area contributed by atoms with Crippen molar-refractivity contribution in [2.45, 2.75) is 19.8 Å². The van der Waals surface area contributed by atoms with Crippen molar-refractivity contribution in [2.75, 3.05) is 5.32 Å². The first-order chi connectivity index (χ1) is 10.2. The smallest absolute Gasteiger partial charge is 0.256 e. The summed E-state index contributed by atoms with van der Waals surface area (Å²) in [5, 5.41) is 12.3. The standard InChI is InChI=1S/C18H17NO2/c1-2-4-12-5-3-6-13(9-12)10-16-15-8-7-14(20)11-17(15)19-18(16)21/h3,5-11,20H,2,4H2,1H3,(H,19,21). The maximum atomic E-state index is 12.1. The van der Waals surface area contributed by atoms with Crippen LogP contribution in [0.2, 0.25) is 0 Å². The Morgan fingerprint density at radius 1 is 1.19 bits per heavy atom. The number of nitrogens with one attached hydrogen (secondary N) is 1. The summed E-state index contributed by atoms with van der Waals surface area (Å²) >= 11 is 0. The molecule has 21 heavy (non-hydrogen) atoms. The number of carbonyl (C=O) groups excluding carboxylic acids is 1. The third-order valence-electron chi connectivity index (χ3n) is 3.59. The summed E-state index contributed by atoms with van der Waals surface area (Å²) in [5.41, 5.74) is 4.43. The van der Waals surface area contributed by atoms with Crippen LogP contribution in [0.3, 0.4) is 0 Å². The van der Waals surface area contributed by atoms with Gasteiger partial charge in [-0.15, -0.1) is 0 Å². The molecular formula is C18H17NO2. The number of benzene rings is 2. The highest BCUT2D eigenvalue weighted by atomic mass is 16.3. The summed E-state index contributed by atoms with van der Waals surface area (Å²) in [5.74, 6) is 0.0248. The molecule has 0 radical (unpaired) electrons. The largest absolute Gasteiger partial charge is 0.508 e. The number of hydrogen-bond acceptors (Lipinski definition) is 2. The molecule has 2 N–H and O–H groups in total. The lowest BCUT2D eigenvalue weighted by Gasteiger charge is -2.02. The molecule has 0 spiro atoms. The number of phenolic OH excluding ortho intramolecular Hbond substituents is 1. The Labute approximate surface area is 123 Å². The minimum atomic E-state index is -0.128. The fourth-order valence-electron chi connectivity index (χ4n) is 2.62. The van der Waals surface area contributed by atoms with Crippen LogP contribution in [0.5, 0.6) is 5.75 Å². The second-order valence-corrected chi connectivity index (χ2v) is 5.24. The highest BCUT2D eigenvalue weighted by Crippen LogP contribution is 2.35. The molecule has 2 aromatic rings. The Morgan fingerprint density at radius 3 is 2.86 bits per heavy atom. The highest BCUT2D eigenvalue weighted by Gasteiger charge is 2.24. The van der Waals surface area contributed by atoms with Crippen molar-refractivity contribution in [3.63, 3.8) is 0 Å². The van der Waals surface area contributed by atoms with Crippen molar-refractivity contribution in [1.82, 2.24) is 0 Å². The zero-order valence-electron chi connectivity index (χ0n) is 11.9. The Morgan fingerprint density at radius 2 is 2.05 bits per heavy atom. The van der Waals surface area contributed by atoms with Crippen LogP contribution in [-0.2, 0) is 11.2 Å². The molecule has 2 aromatic carbocycles. The van der Waals surface area contributed by atoms with Gasteiger partial charge in [-0.25, -0.2) is 0 Å². The lowest BCUT2D eigenvalue weighted by molar-refractivity contribution is -0.110. The second-order valence-electron chi connectivity index (χ2n) is 5.24. The van der Waals surface area contributed by atoms with Gasteiger partial charge in [0.15, 0.2) is 0 Å². The molecule has 0 atom stereocenters. The average molecular weight is 279 g/mol. The summed E-state index contributed by atoms with van der Waals surface area (Å²) in [4.78, 5) is 12.1. The van der Waals surface area contributed by atoms with E-state index in [0.29, 0.717) is 11.3 Å². The highest BCUT2D eigenvalue weighted by molar-refractivity contribution is 6.35. The Balaban J connectivity index is 2.00. The Kier molecular flexibility index (Phi) is 3.48. The number of phenols is 1. The predicted octanol–water partition coefficient (Wildman–Crippen LogP) is 3.84. The van der Waals surface area contributed by atoms with E-state index in [1.807, 2.05) is 18.2 Å². The summed E-state index contributed by atoms with van der Waals surface area (Å²) in [7, 11) is 0. The van der Waals surface area contributed by atoms with E-state index in [1.54, 1.807) is 18.2 Å². The third kappa shape index (κ3) is 2.68. The van der Waals surface area contributed by atoms with Gasteiger partial charge in [0.05, 0.1) is 5.69 Å². The zero-order valence-corrected chi connectivity index (χ0v) is 11.9.